The van der Waals surface area contributed by atoms with Crippen molar-refractivity contribution >= 4 is 0 Å². The SMILES string of the molecule is CCNC(C)(CO)CCN(C)C1CCOCC1. The summed E-state index contributed by atoms with van der Waals surface area (Å²) in [5, 5.41) is 12.8. The zero-order valence-corrected chi connectivity index (χ0v) is 11.5. The molecule has 1 atom stereocenters. The van der Waals surface area contributed by atoms with E-state index in [9.17, 15) is 5.11 Å². The average Bonchev–Trinajstić information content (AvgIpc) is 2.37. The lowest BCUT2D eigenvalue weighted by atomic mass is 9.97. The van der Waals surface area contributed by atoms with Crippen LogP contribution in [0.5, 0.6) is 0 Å². The molecular weight excluding hydrogens is 216 g/mol. The maximum absolute atomic E-state index is 9.44. The van der Waals surface area contributed by atoms with E-state index in [-0.39, 0.29) is 12.1 Å². The van der Waals surface area contributed by atoms with Crippen molar-refractivity contribution in [2.24, 2.45) is 0 Å². The van der Waals surface area contributed by atoms with Crippen LogP contribution in [-0.2, 0) is 4.74 Å². The first-order valence-electron chi connectivity index (χ1n) is 6.75. The summed E-state index contributed by atoms with van der Waals surface area (Å²) in [6, 6.07) is 0.647. The molecule has 0 aromatic heterocycles. The van der Waals surface area contributed by atoms with Crippen molar-refractivity contribution in [3.8, 4) is 0 Å². The lowest BCUT2D eigenvalue weighted by Gasteiger charge is -2.35. The van der Waals surface area contributed by atoms with Crippen LogP contribution in [0.25, 0.3) is 0 Å². The average molecular weight is 244 g/mol. The zero-order valence-electron chi connectivity index (χ0n) is 11.5. The zero-order chi connectivity index (χ0) is 12.7. The van der Waals surface area contributed by atoms with Crippen LogP contribution in [0.2, 0.25) is 0 Å². The van der Waals surface area contributed by atoms with E-state index in [0.29, 0.717) is 6.04 Å². The van der Waals surface area contributed by atoms with Gasteiger partial charge in [-0.2, -0.15) is 0 Å². The van der Waals surface area contributed by atoms with Crippen LogP contribution in [0.1, 0.15) is 33.1 Å². The highest BCUT2D eigenvalue weighted by molar-refractivity contribution is 4.84. The van der Waals surface area contributed by atoms with Crippen LogP contribution >= 0.6 is 0 Å². The topological polar surface area (TPSA) is 44.7 Å². The summed E-state index contributed by atoms with van der Waals surface area (Å²) in [4.78, 5) is 2.41. The number of hydrogen-bond acceptors (Lipinski definition) is 4. The highest BCUT2D eigenvalue weighted by atomic mass is 16.5. The van der Waals surface area contributed by atoms with E-state index >= 15 is 0 Å². The van der Waals surface area contributed by atoms with E-state index in [4.69, 9.17) is 4.74 Å². The predicted molar refractivity (Wildman–Crippen MR) is 70.3 cm³/mol. The van der Waals surface area contributed by atoms with Gasteiger partial charge in [0.1, 0.15) is 0 Å². The van der Waals surface area contributed by atoms with Crippen molar-refractivity contribution in [1.82, 2.24) is 10.2 Å². The van der Waals surface area contributed by atoms with E-state index in [0.717, 1.165) is 45.6 Å². The van der Waals surface area contributed by atoms with Crippen molar-refractivity contribution in [2.75, 3.05) is 40.0 Å². The molecule has 4 nitrogen and oxygen atoms in total. The number of aliphatic hydroxyl groups excluding tert-OH is 1. The Hall–Kier alpha value is -0.160. The summed E-state index contributed by atoms with van der Waals surface area (Å²) in [7, 11) is 2.18. The minimum atomic E-state index is -0.145. The Balaban J connectivity index is 2.32. The summed E-state index contributed by atoms with van der Waals surface area (Å²) >= 11 is 0. The number of nitrogens with zero attached hydrogens (tertiary/aromatic N) is 1. The molecule has 17 heavy (non-hydrogen) atoms. The minimum Gasteiger partial charge on any atom is -0.394 e. The molecule has 1 rings (SSSR count). The first-order valence-corrected chi connectivity index (χ1v) is 6.75. The lowest BCUT2D eigenvalue weighted by molar-refractivity contribution is 0.0385. The van der Waals surface area contributed by atoms with E-state index in [1.54, 1.807) is 0 Å². The number of rotatable bonds is 7. The van der Waals surface area contributed by atoms with E-state index in [1.807, 2.05) is 0 Å². The quantitative estimate of drug-likeness (QED) is 0.697. The molecule has 1 fully saturated rings. The Labute approximate surface area is 105 Å². The second-order valence-corrected chi connectivity index (χ2v) is 5.32. The highest BCUT2D eigenvalue weighted by Crippen LogP contribution is 2.15. The van der Waals surface area contributed by atoms with Gasteiger partial charge in [-0.25, -0.2) is 0 Å². The van der Waals surface area contributed by atoms with Crippen LogP contribution in [0.3, 0.4) is 0 Å². The molecule has 0 bridgehead atoms. The lowest BCUT2D eigenvalue weighted by Crippen LogP contribution is -2.49. The third-order valence-electron chi connectivity index (χ3n) is 3.78. The molecule has 1 saturated heterocycles. The largest absolute Gasteiger partial charge is 0.394 e. The van der Waals surface area contributed by atoms with Gasteiger partial charge in [-0.15, -0.1) is 0 Å². The Kier molecular flexibility index (Phi) is 6.41. The number of likely N-dealkylation sites (N-methyl/N-ethyl adjacent to an activating group) is 1. The van der Waals surface area contributed by atoms with Gasteiger partial charge in [0.2, 0.25) is 0 Å². The van der Waals surface area contributed by atoms with Crippen molar-refractivity contribution in [3.63, 3.8) is 0 Å². The van der Waals surface area contributed by atoms with Crippen LogP contribution in [-0.4, -0.2) is 61.5 Å². The smallest absolute Gasteiger partial charge is 0.0611 e. The maximum atomic E-state index is 9.44. The summed E-state index contributed by atoms with van der Waals surface area (Å²) in [6.45, 7) is 8.07. The molecule has 2 N–H and O–H groups in total. The van der Waals surface area contributed by atoms with Crippen molar-refractivity contribution in [1.29, 1.82) is 0 Å². The van der Waals surface area contributed by atoms with Crippen LogP contribution in [0.4, 0.5) is 0 Å². The van der Waals surface area contributed by atoms with Gasteiger partial charge >= 0.3 is 0 Å². The molecule has 0 saturated carbocycles. The summed E-state index contributed by atoms with van der Waals surface area (Å²) < 4.78 is 5.38. The van der Waals surface area contributed by atoms with E-state index < -0.39 is 0 Å². The Morgan fingerprint density at radius 3 is 2.59 bits per heavy atom. The molecule has 0 aromatic rings. The van der Waals surface area contributed by atoms with Gasteiger partial charge in [0.25, 0.3) is 0 Å². The predicted octanol–water partition coefficient (Wildman–Crippen LogP) is 0.848. The fraction of sp³-hybridized carbons (Fsp3) is 1.00. The highest BCUT2D eigenvalue weighted by Gasteiger charge is 2.24. The number of ether oxygens (including phenoxy) is 1. The Bertz CT molecular complexity index is 208. The maximum Gasteiger partial charge on any atom is 0.0611 e. The molecule has 0 spiro atoms. The minimum absolute atomic E-state index is 0.145. The molecular formula is C13H28N2O2. The second kappa shape index (κ2) is 7.31. The first-order chi connectivity index (χ1) is 8.11. The molecule has 1 heterocycles. The number of nitrogens with one attached hydrogen (secondary N) is 1. The molecule has 1 aliphatic heterocycles. The Morgan fingerprint density at radius 2 is 2.06 bits per heavy atom. The fourth-order valence-electron chi connectivity index (χ4n) is 2.38. The molecule has 0 aliphatic carbocycles. The molecule has 0 radical (unpaired) electrons. The number of aliphatic hydroxyl groups is 1. The van der Waals surface area contributed by atoms with Gasteiger partial charge in [0.15, 0.2) is 0 Å². The van der Waals surface area contributed by atoms with E-state index in [1.165, 1.54) is 0 Å². The van der Waals surface area contributed by atoms with Crippen LogP contribution < -0.4 is 5.32 Å². The Morgan fingerprint density at radius 1 is 1.41 bits per heavy atom. The summed E-state index contributed by atoms with van der Waals surface area (Å²) in [5.41, 5.74) is -0.145. The van der Waals surface area contributed by atoms with Crippen LogP contribution in [0.15, 0.2) is 0 Å². The molecule has 4 heteroatoms. The van der Waals surface area contributed by atoms with Gasteiger partial charge in [-0.05, 0) is 46.3 Å². The van der Waals surface area contributed by atoms with Gasteiger partial charge in [0.05, 0.1) is 6.61 Å². The van der Waals surface area contributed by atoms with Gasteiger partial charge in [-0.1, -0.05) is 6.92 Å². The van der Waals surface area contributed by atoms with Gasteiger partial charge in [0, 0.05) is 24.8 Å². The molecule has 1 aliphatic rings. The van der Waals surface area contributed by atoms with E-state index in [2.05, 4.69) is 31.1 Å². The third kappa shape index (κ3) is 4.92. The van der Waals surface area contributed by atoms with Crippen molar-refractivity contribution in [3.05, 3.63) is 0 Å². The van der Waals surface area contributed by atoms with Crippen molar-refractivity contribution in [2.45, 2.75) is 44.7 Å². The normalized spacial score (nSPS) is 21.7. The van der Waals surface area contributed by atoms with Crippen LogP contribution in [0, 0.1) is 0 Å². The monoisotopic (exact) mass is 244 g/mol. The van der Waals surface area contributed by atoms with Crippen molar-refractivity contribution < 1.29 is 9.84 Å². The molecule has 1 unspecified atom stereocenters. The fourth-order valence-corrected chi connectivity index (χ4v) is 2.38. The second-order valence-electron chi connectivity index (χ2n) is 5.32. The number of hydrogen-bond donors (Lipinski definition) is 2. The molecule has 0 amide bonds. The third-order valence-corrected chi connectivity index (χ3v) is 3.78. The van der Waals surface area contributed by atoms with Gasteiger partial charge < -0.3 is 20.1 Å². The molecule has 0 aromatic carbocycles. The summed E-state index contributed by atoms with van der Waals surface area (Å²) in [5.74, 6) is 0. The first kappa shape index (κ1) is 14.9. The summed E-state index contributed by atoms with van der Waals surface area (Å²) in [6.07, 6.45) is 3.24. The van der Waals surface area contributed by atoms with Gasteiger partial charge in [-0.3, -0.25) is 0 Å². The molecule has 102 valence electrons. The standard InChI is InChI=1S/C13H28N2O2/c1-4-14-13(2,11-16)7-8-15(3)12-5-9-17-10-6-12/h12,14,16H,4-11H2,1-3H3.